The molecule has 0 radical (unpaired) electrons. The van der Waals surface area contributed by atoms with Crippen molar-refractivity contribution < 1.29 is 22.1 Å². The average Bonchev–Trinajstić information content (AvgIpc) is 2.59. The molecule has 0 amide bonds. The summed E-state index contributed by atoms with van der Waals surface area (Å²) in [4.78, 5) is 0.0644. The van der Waals surface area contributed by atoms with Crippen LogP contribution in [0.5, 0.6) is 11.5 Å². The second-order valence-electron chi connectivity index (χ2n) is 4.99. The molecule has 0 bridgehead atoms. The second-order valence-corrected chi connectivity index (χ2v) is 7.52. The molecule has 0 aromatic heterocycles. The summed E-state index contributed by atoms with van der Waals surface area (Å²) in [7, 11) is -3.88. The maximum absolute atomic E-state index is 12.2. The molecule has 124 valence electrons. The molecule has 8 heteroatoms. The van der Waals surface area contributed by atoms with Crippen LogP contribution < -0.4 is 9.47 Å². The Balaban J connectivity index is 1.68. The molecule has 0 spiro atoms. The van der Waals surface area contributed by atoms with E-state index in [2.05, 4.69) is 15.9 Å². The van der Waals surface area contributed by atoms with E-state index in [9.17, 15) is 8.42 Å². The first-order valence-electron chi connectivity index (χ1n) is 6.97. The van der Waals surface area contributed by atoms with Gasteiger partial charge in [0.15, 0.2) is 17.6 Å². The van der Waals surface area contributed by atoms with Gasteiger partial charge in [-0.25, -0.2) is 0 Å². The summed E-state index contributed by atoms with van der Waals surface area (Å²) in [6.45, 7) is -0.0871. The van der Waals surface area contributed by atoms with Crippen LogP contribution in [-0.2, 0) is 14.3 Å². The Hall–Kier alpha value is -2.08. The summed E-state index contributed by atoms with van der Waals surface area (Å²) >= 11 is 3.25. The van der Waals surface area contributed by atoms with E-state index < -0.39 is 16.2 Å². The number of halogens is 1. The maximum atomic E-state index is 12.2. The zero-order chi connectivity index (χ0) is 17.2. The highest BCUT2D eigenvalue weighted by molar-refractivity contribution is 9.10. The summed E-state index contributed by atoms with van der Waals surface area (Å²) in [5.74, 6) is 0.766. The SMILES string of the molecule is N#Cc1cccc2c1OCC(COS(=O)(=O)c1ccc(Br)cc1)O2. The number of hydrogen-bond donors (Lipinski definition) is 0. The van der Waals surface area contributed by atoms with Gasteiger partial charge in [-0.3, -0.25) is 4.18 Å². The molecule has 2 aromatic rings. The van der Waals surface area contributed by atoms with Crippen molar-refractivity contribution in [3.8, 4) is 17.6 Å². The fraction of sp³-hybridized carbons (Fsp3) is 0.188. The van der Waals surface area contributed by atoms with Gasteiger partial charge in [0.05, 0.1) is 10.5 Å². The third kappa shape index (κ3) is 3.53. The Morgan fingerprint density at radius 3 is 2.71 bits per heavy atom. The van der Waals surface area contributed by atoms with Crippen LogP contribution in [0.2, 0.25) is 0 Å². The van der Waals surface area contributed by atoms with E-state index >= 15 is 0 Å². The third-order valence-electron chi connectivity index (χ3n) is 3.32. The van der Waals surface area contributed by atoms with Crippen LogP contribution in [0.4, 0.5) is 0 Å². The monoisotopic (exact) mass is 409 g/mol. The van der Waals surface area contributed by atoms with Crippen LogP contribution >= 0.6 is 15.9 Å². The molecule has 1 heterocycles. The molecular formula is C16H12BrNO5S. The van der Waals surface area contributed by atoms with Gasteiger partial charge in [-0.15, -0.1) is 0 Å². The Morgan fingerprint density at radius 2 is 2.00 bits per heavy atom. The van der Waals surface area contributed by atoms with Crippen LogP contribution in [0, 0.1) is 11.3 Å². The first-order valence-corrected chi connectivity index (χ1v) is 9.17. The quantitative estimate of drug-likeness (QED) is 0.721. The number of fused-ring (bicyclic) bond motifs is 1. The minimum Gasteiger partial charge on any atom is -0.484 e. The first-order chi connectivity index (χ1) is 11.5. The van der Waals surface area contributed by atoms with Crippen molar-refractivity contribution in [2.24, 2.45) is 0 Å². The van der Waals surface area contributed by atoms with E-state index in [4.69, 9.17) is 18.9 Å². The molecule has 2 aromatic carbocycles. The lowest BCUT2D eigenvalue weighted by atomic mass is 10.2. The van der Waals surface area contributed by atoms with Crippen molar-refractivity contribution in [3.63, 3.8) is 0 Å². The minimum absolute atomic E-state index is 0.0644. The van der Waals surface area contributed by atoms with Crippen molar-refractivity contribution in [2.75, 3.05) is 13.2 Å². The van der Waals surface area contributed by atoms with Gasteiger partial charge in [0.25, 0.3) is 10.1 Å². The molecule has 0 fully saturated rings. The lowest BCUT2D eigenvalue weighted by Crippen LogP contribution is -2.34. The summed E-state index contributed by atoms with van der Waals surface area (Å²) in [5, 5.41) is 9.02. The lowest BCUT2D eigenvalue weighted by molar-refractivity contribution is 0.0553. The Kier molecular flexibility index (Phi) is 4.76. The smallest absolute Gasteiger partial charge is 0.297 e. The first kappa shape index (κ1) is 16.8. The summed E-state index contributed by atoms with van der Waals surface area (Å²) in [6, 6.07) is 13.1. The van der Waals surface area contributed by atoms with Crippen LogP contribution in [0.15, 0.2) is 51.8 Å². The van der Waals surface area contributed by atoms with Gasteiger partial charge < -0.3 is 9.47 Å². The molecule has 6 nitrogen and oxygen atoms in total. The largest absolute Gasteiger partial charge is 0.484 e. The molecule has 24 heavy (non-hydrogen) atoms. The van der Waals surface area contributed by atoms with Crippen LogP contribution in [-0.4, -0.2) is 27.7 Å². The predicted octanol–water partition coefficient (Wildman–Crippen LogP) is 2.87. The summed E-state index contributed by atoms with van der Waals surface area (Å²) in [5.41, 5.74) is 0.370. The molecule has 1 aliphatic rings. The minimum atomic E-state index is -3.88. The number of nitrogens with zero attached hydrogens (tertiary/aromatic N) is 1. The highest BCUT2D eigenvalue weighted by Gasteiger charge is 2.26. The van der Waals surface area contributed by atoms with Crippen molar-refractivity contribution in [3.05, 3.63) is 52.5 Å². The Morgan fingerprint density at radius 1 is 1.25 bits per heavy atom. The van der Waals surface area contributed by atoms with Gasteiger partial charge in [-0.2, -0.15) is 13.7 Å². The molecule has 0 aliphatic carbocycles. The van der Waals surface area contributed by atoms with E-state index in [-0.39, 0.29) is 18.1 Å². The predicted molar refractivity (Wildman–Crippen MR) is 88.3 cm³/mol. The average molecular weight is 410 g/mol. The molecule has 0 saturated heterocycles. The van der Waals surface area contributed by atoms with Crippen molar-refractivity contribution >= 4 is 26.0 Å². The number of benzene rings is 2. The molecule has 1 unspecified atom stereocenters. The third-order valence-corrected chi connectivity index (χ3v) is 5.14. The Bertz CT molecular complexity index is 890. The summed E-state index contributed by atoms with van der Waals surface area (Å²) in [6.07, 6.45) is -0.586. The highest BCUT2D eigenvalue weighted by Crippen LogP contribution is 2.34. The number of ether oxygens (including phenoxy) is 2. The van der Waals surface area contributed by atoms with Crippen molar-refractivity contribution in [2.45, 2.75) is 11.0 Å². The zero-order valence-corrected chi connectivity index (χ0v) is 14.7. The fourth-order valence-corrected chi connectivity index (χ4v) is 3.35. The molecule has 0 N–H and O–H groups in total. The molecular weight excluding hydrogens is 398 g/mol. The Labute approximate surface area is 147 Å². The van der Waals surface area contributed by atoms with Gasteiger partial charge in [0.1, 0.15) is 19.3 Å². The van der Waals surface area contributed by atoms with Gasteiger partial charge in [-0.1, -0.05) is 22.0 Å². The van der Waals surface area contributed by atoms with Gasteiger partial charge >= 0.3 is 0 Å². The summed E-state index contributed by atoms with van der Waals surface area (Å²) < 4.78 is 41.3. The highest BCUT2D eigenvalue weighted by atomic mass is 79.9. The molecule has 1 aliphatic heterocycles. The number of hydrogen-bond acceptors (Lipinski definition) is 6. The standard InChI is InChI=1S/C16H12BrNO5S/c17-12-4-6-14(7-5-12)24(19,20)22-10-13-9-21-16-11(8-18)2-1-3-15(16)23-13/h1-7,13H,9-10H2. The van der Waals surface area contributed by atoms with Crippen molar-refractivity contribution in [1.29, 1.82) is 5.26 Å². The zero-order valence-electron chi connectivity index (χ0n) is 12.3. The number of rotatable bonds is 4. The maximum Gasteiger partial charge on any atom is 0.297 e. The van der Waals surface area contributed by atoms with Crippen molar-refractivity contribution in [1.82, 2.24) is 0 Å². The topological polar surface area (TPSA) is 85.6 Å². The molecule has 3 rings (SSSR count). The van der Waals surface area contributed by atoms with E-state index in [0.29, 0.717) is 17.1 Å². The van der Waals surface area contributed by atoms with Gasteiger partial charge in [0.2, 0.25) is 0 Å². The normalized spacial score (nSPS) is 16.4. The van der Waals surface area contributed by atoms with E-state index in [0.717, 1.165) is 4.47 Å². The van der Waals surface area contributed by atoms with Crippen LogP contribution in [0.1, 0.15) is 5.56 Å². The van der Waals surface area contributed by atoms with Crippen LogP contribution in [0.25, 0.3) is 0 Å². The molecule has 1 atom stereocenters. The van der Waals surface area contributed by atoms with E-state index in [1.807, 2.05) is 6.07 Å². The molecule has 0 saturated carbocycles. The van der Waals surface area contributed by atoms with E-state index in [1.165, 1.54) is 12.1 Å². The second kappa shape index (κ2) is 6.81. The fourth-order valence-electron chi connectivity index (χ4n) is 2.15. The number of para-hydroxylation sites is 1. The van der Waals surface area contributed by atoms with Crippen LogP contribution in [0.3, 0.4) is 0 Å². The van der Waals surface area contributed by atoms with E-state index in [1.54, 1.807) is 30.3 Å². The van der Waals surface area contributed by atoms with Gasteiger partial charge in [0, 0.05) is 4.47 Å². The number of nitriles is 1. The van der Waals surface area contributed by atoms with Gasteiger partial charge in [-0.05, 0) is 36.4 Å². The lowest BCUT2D eigenvalue weighted by Gasteiger charge is -2.26.